The van der Waals surface area contributed by atoms with Crippen LogP contribution in [0.2, 0.25) is 0 Å². The summed E-state index contributed by atoms with van der Waals surface area (Å²) in [5.41, 5.74) is 5.65. The fourth-order valence-electron chi connectivity index (χ4n) is 3.37. The molecular formula is C14H21NO3. The van der Waals surface area contributed by atoms with Gasteiger partial charge in [-0.2, -0.15) is 0 Å². The van der Waals surface area contributed by atoms with E-state index in [9.17, 15) is 4.79 Å². The summed E-state index contributed by atoms with van der Waals surface area (Å²) < 4.78 is 11.3. The second-order valence-electron chi connectivity index (χ2n) is 5.82. The van der Waals surface area contributed by atoms with Crippen molar-refractivity contribution in [3.8, 4) is 0 Å². The van der Waals surface area contributed by atoms with Crippen LogP contribution in [0, 0.1) is 11.8 Å². The van der Waals surface area contributed by atoms with Crippen LogP contribution >= 0.6 is 0 Å². The van der Waals surface area contributed by atoms with E-state index in [4.69, 9.17) is 15.2 Å². The van der Waals surface area contributed by atoms with E-state index in [1.165, 1.54) is 0 Å². The third-order valence-electron chi connectivity index (χ3n) is 4.44. The number of hydrogen-bond acceptors (Lipinski definition) is 4. The zero-order valence-corrected chi connectivity index (χ0v) is 10.6. The van der Waals surface area contributed by atoms with E-state index in [2.05, 4.69) is 0 Å². The second-order valence-corrected chi connectivity index (χ2v) is 5.82. The highest BCUT2D eigenvalue weighted by Crippen LogP contribution is 2.38. The van der Waals surface area contributed by atoms with Crippen molar-refractivity contribution in [1.29, 1.82) is 0 Å². The third-order valence-corrected chi connectivity index (χ3v) is 4.44. The van der Waals surface area contributed by atoms with Gasteiger partial charge in [-0.3, -0.25) is 4.79 Å². The first-order chi connectivity index (χ1) is 8.69. The Bertz CT molecular complexity index is 360. The van der Waals surface area contributed by atoms with E-state index in [0.717, 1.165) is 32.3 Å². The number of nitrogens with two attached hydrogens (primary N) is 1. The molecule has 0 aromatic rings. The summed E-state index contributed by atoms with van der Waals surface area (Å²) in [6.07, 6.45) is 7.32. The van der Waals surface area contributed by atoms with Crippen molar-refractivity contribution >= 4 is 5.78 Å². The van der Waals surface area contributed by atoms with Gasteiger partial charge in [0.2, 0.25) is 0 Å². The van der Waals surface area contributed by atoms with E-state index in [1.807, 2.05) is 12.2 Å². The smallest absolute Gasteiger partial charge is 0.143 e. The molecule has 2 saturated heterocycles. The molecule has 100 valence electrons. The van der Waals surface area contributed by atoms with Gasteiger partial charge in [-0.05, 0) is 19.3 Å². The van der Waals surface area contributed by atoms with Crippen LogP contribution in [-0.4, -0.2) is 37.2 Å². The lowest BCUT2D eigenvalue weighted by Gasteiger charge is -2.37. The van der Waals surface area contributed by atoms with Crippen molar-refractivity contribution in [1.82, 2.24) is 0 Å². The maximum Gasteiger partial charge on any atom is 0.143 e. The number of rotatable bonds is 2. The SMILES string of the molecule is NC1C=CC(C(=O)C2CCOC3(CCOC3)C2)C1. The number of Topliss-reactive ketones (excluding diaryl/α,β-unsaturated/α-hetero) is 1. The fraction of sp³-hybridized carbons (Fsp3) is 0.786. The summed E-state index contributed by atoms with van der Waals surface area (Å²) in [4.78, 5) is 12.5. The predicted octanol–water partition coefficient (Wildman–Crippen LogP) is 1.04. The Labute approximate surface area is 108 Å². The molecule has 4 atom stereocenters. The third kappa shape index (κ3) is 2.25. The van der Waals surface area contributed by atoms with E-state index in [1.54, 1.807) is 0 Å². The monoisotopic (exact) mass is 251 g/mol. The summed E-state index contributed by atoms with van der Waals surface area (Å²) >= 11 is 0. The molecule has 3 aliphatic rings. The van der Waals surface area contributed by atoms with Crippen molar-refractivity contribution in [2.75, 3.05) is 19.8 Å². The molecule has 0 aromatic heterocycles. The largest absolute Gasteiger partial charge is 0.378 e. The highest BCUT2D eigenvalue weighted by atomic mass is 16.6. The topological polar surface area (TPSA) is 61.6 Å². The van der Waals surface area contributed by atoms with Crippen molar-refractivity contribution < 1.29 is 14.3 Å². The molecular weight excluding hydrogens is 230 g/mol. The minimum atomic E-state index is -0.178. The number of carbonyl (C=O) groups is 1. The molecule has 0 amide bonds. The van der Waals surface area contributed by atoms with Gasteiger partial charge in [0.1, 0.15) is 5.78 Å². The minimum Gasteiger partial charge on any atom is -0.378 e. The molecule has 0 bridgehead atoms. The molecule has 0 radical (unpaired) electrons. The first-order valence-electron chi connectivity index (χ1n) is 6.88. The van der Waals surface area contributed by atoms with Crippen LogP contribution in [0.15, 0.2) is 12.2 Å². The van der Waals surface area contributed by atoms with Gasteiger partial charge in [0.25, 0.3) is 0 Å². The van der Waals surface area contributed by atoms with Crippen molar-refractivity contribution in [3.05, 3.63) is 12.2 Å². The number of ketones is 1. The molecule has 4 nitrogen and oxygen atoms in total. The molecule has 3 rings (SSSR count). The maximum absolute atomic E-state index is 12.5. The second kappa shape index (κ2) is 4.76. The van der Waals surface area contributed by atoms with Gasteiger partial charge < -0.3 is 15.2 Å². The Morgan fingerprint density at radius 2 is 2.22 bits per heavy atom. The molecule has 2 aliphatic heterocycles. The van der Waals surface area contributed by atoms with Crippen LogP contribution in [0.25, 0.3) is 0 Å². The van der Waals surface area contributed by atoms with Gasteiger partial charge in [-0.25, -0.2) is 0 Å². The van der Waals surface area contributed by atoms with E-state index >= 15 is 0 Å². The summed E-state index contributed by atoms with van der Waals surface area (Å²) in [6.45, 7) is 2.09. The molecule has 2 fully saturated rings. The first-order valence-corrected chi connectivity index (χ1v) is 6.88. The Balaban J connectivity index is 1.65. The van der Waals surface area contributed by atoms with Crippen LogP contribution in [0.5, 0.6) is 0 Å². The molecule has 1 aliphatic carbocycles. The van der Waals surface area contributed by atoms with Gasteiger partial charge in [-0.1, -0.05) is 12.2 Å². The minimum absolute atomic E-state index is 0.0301. The van der Waals surface area contributed by atoms with E-state index in [-0.39, 0.29) is 23.5 Å². The molecule has 18 heavy (non-hydrogen) atoms. The highest BCUT2D eigenvalue weighted by Gasteiger charge is 2.44. The standard InChI is InChI=1S/C14H21NO3/c15-12-2-1-10(7-12)13(16)11-3-5-18-14(8-11)4-6-17-9-14/h1-2,10-12H,3-9,15H2. The van der Waals surface area contributed by atoms with Crippen LogP contribution < -0.4 is 5.73 Å². The summed E-state index contributed by atoms with van der Waals surface area (Å²) in [6, 6.07) is 0.0579. The zero-order valence-electron chi connectivity index (χ0n) is 10.6. The molecule has 0 saturated carbocycles. The molecule has 2 heterocycles. The summed E-state index contributed by atoms with van der Waals surface area (Å²) in [5.74, 6) is 0.511. The number of ether oxygens (including phenoxy) is 2. The predicted molar refractivity (Wildman–Crippen MR) is 67.1 cm³/mol. The van der Waals surface area contributed by atoms with Gasteiger partial charge in [0.05, 0.1) is 12.2 Å². The Kier molecular flexibility index (Phi) is 3.26. The van der Waals surface area contributed by atoms with Crippen LogP contribution in [-0.2, 0) is 14.3 Å². The Morgan fingerprint density at radius 1 is 1.33 bits per heavy atom. The summed E-state index contributed by atoms with van der Waals surface area (Å²) in [7, 11) is 0. The Hall–Kier alpha value is -0.710. The van der Waals surface area contributed by atoms with Crippen LogP contribution in [0.3, 0.4) is 0 Å². The lowest BCUT2D eigenvalue weighted by Crippen LogP contribution is -2.43. The van der Waals surface area contributed by atoms with Gasteiger partial charge in [-0.15, -0.1) is 0 Å². The molecule has 1 spiro atoms. The van der Waals surface area contributed by atoms with E-state index in [0.29, 0.717) is 19.0 Å². The first kappa shape index (κ1) is 12.3. The fourth-order valence-corrected chi connectivity index (χ4v) is 3.37. The molecule has 4 unspecified atom stereocenters. The number of hydrogen-bond donors (Lipinski definition) is 1. The van der Waals surface area contributed by atoms with Crippen molar-refractivity contribution in [2.24, 2.45) is 17.6 Å². The number of carbonyl (C=O) groups excluding carboxylic acids is 1. The average Bonchev–Trinajstić information content (AvgIpc) is 2.98. The van der Waals surface area contributed by atoms with Gasteiger partial charge in [0.15, 0.2) is 0 Å². The Morgan fingerprint density at radius 3 is 2.89 bits per heavy atom. The highest BCUT2D eigenvalue weighted by molar-refractivity contribution is 5.85. The van der Waals surface area contributed by atoms with Crippen LogP contribution in [0.4, 0.5) is 0 Å². The van der Waals surface area contributed by atoms with Crippen LogP contribution in [0.1, 0.15) is 25.7 Å². The quantitative estimate of drug-likeness (QED) is 0.745. The molecule has 4 heteroatoms. The van der Waals surface area contributed by atoms with Gasteiger partial charge >= 0.3 is 0 Å². The maximum atomic E-state index is 12.5. The average molecular weight is 251 g/mol. The zero-order chi connectivity index (χ0) is 12.6. The summed E-state index contributed by atoms with van der Waals surface area (Å²) in [5, 5.41) is 0. The van der Waals surface area contributed by atoms with E-state index < -0.39 is 0 Å². The molecule has 0 aromatic carbocycles. The van der Waals surface area contributed by atoms with Crippen molar-refractivity contribution in [3.63, 3.8) is 0 Å². The van der Waals surface area contributed by atoms with Gasteiger partial charge in [0, 0.05) is 37.5 Å². The molecule has 2 N–H and O–H groups in total. The van der Waals surface area contributed by atoms with Crippen molar-refractivity contribution in [2.45, 2.75) is 37.3 Å². The number of allylic oxidation sites excluding steroid dienone is 1. The lowest BCUT2D eigenvalue weighted by atomic mass is 9.79. The normalized spacial score (nSPS) is 43.7. The lowest BCUT2D eigenvalue weighted by molar-refractivity contribution is -0.139.